The van der Waals surface area contributed by atoms with Crippen LogP contribution in [-0.2, 0) is 20.9 Å². The van der Waals surface area contributed by atoms with Gasteiger partial charge in [0.25, 0.3) is 5.91 Å². The van der Waals surface area contributed by atoms with Crippen LogP contribution in [0, 0.1) is 6.92 Å². The van der Waals surface area contributed by atoms with E-state index in [1.807, 2.05) is 61.5 Å². The van der Waals surface area contributed by atoms with E-state index in [4.69, 9.17) is 26.2 Å². The number of amides is 1. The second kappa shape index (κ2) is 12.2. The van der Waals surface area contributed by atoms with Gasteiger partial charge in [-0.25, -0.2) is 9.59 Å². The van der Waals surface area contributed by atoms with Crippen molar-refractivity contribution in [2.75, 3.05) is 18.1 Å². The van der Waals surface area contributed by atoms with Crippen molar-refractivity contribution in [3.63, 3.8) is 0 Å². The smallest absolute Gasteiger partial charge is 0.341 e. The molecule has 4 aromatic rings. The van der Waals surface area contributed by atoms with Gasteiger partial charge in [-0.05, 0) is 60.0 Å². The van der Waals surface area contributed by atoms with Crippen molar-refractivity contribution in [1.29, 1.82) is 0 Å². The lowest BCUT2D eigenvalue weighted by Gasteiger charge is -2.18. The zero-order chi connectivity index (χ0) is 29.8. The summed E-state index contributed by atoms with van der Waals surface area (Å²) in [5.74, 6) is -2.27. The van der Waals surface area contributed by atoms with Crippen molar-refractivity contribution in [2.45, 2.75) is 13.5 Å². The van der Waals surface area contributed by atoms with Crippen LogP contribution in [0.25, 0.3) is 22.8 Å². The highest BCUT2D eigenvalue weighted by molar-refractivity contribution is 6.36. The highest BCUT2D eigenvalue weighted by Gasteiger charge is 2.33. The molecule has 1 amide bonds. The van der Waals surface area contributed by atoms with Gasteiger partial charge in [-0.1, -0.05) is 65.7 Å². The largest absolute Gasteiger partial charge is 0.482 e. The Morgan fingerprint density at radius 3 is 2.19 bits per heavy atom. The number of halogens is 1. The topological polar surface area (TPSA) is 113 Å². The van der Waals surface area contributed by atoms with Gasteiger partial charge < -0.3 is 24.6 Å². The van der Waals surface area contributed by atoms with E-state index in [1.165, 1.54) is 12.1 Å². The van der Waals surface area contributed by atoms with E-state index in [2.05, 4.69) is 0 Å². The number of ether oxygens (including phenoxy) is 2. The minimum atomic E-state index is -1.19. The standard InChI is InChI=1S/C33H26ClNO7/c1-20-2-6-22(7-3-20)23-9-13-27-28(33(40)35(29(27)15-23)17-21-4-10-25(34)11-5-21)14-24-8-12-26(41-18-31(36)37)16-30(24)42-19-32(38)39/h2-16H,17-19H2,1H3,(H,36,37)(H,38,39)/b28-14+. The van der Waals surface area contributed by atoms with Gasteiger partial charge in [0.05, 0.1) is 12.2 Å². The Hall–Kier alpha value is -5.08. The maximum atomic E-state index is 14.0. The molecule has 1 aliphatic rings. The number of fused-ring (bicyclic) bond motifs is 1. The molecule has 0 aromatic heterocycles. The first-order valence-electron chi connectivity index (χ1n) is 13.0. The molecule has 0 saturated heterocycles. The molecule has 8 nitrogen and oxygen atoms in total. The number of aryl methyl sites for hydroxylation is 1. The number of aliphatic carboxylic acids is 2. The highest BCUT2D eigenvalue weighted by Crippen LogP contribution is 2.42. The average molecular weight is 584 g/mol. The SMILES string of the molecule is Cc1ccc(-c2ccc3c(c2)N(Cc2ccc(Cl)cc2)C(=O)/C3=C/c2ccc(OCC(=O)O)cc2OCC(=O)O)cc1. The van der Waals surface area contributed by atoms with Gasteiger partial charge in [-0.2, -0.15) is 0 Å². The van der Waals surface area contributed by atoms with E-state index in [0.29, 0.717) is 28.3 Å². The number of hydrogen-bond donors (Lipinski definition) is 2. The van der Waals surface area contributed by atoms with Crippen LogP contribution in [0.2, 0.25) is 5.02 Å². The Labute approximate surface area is 247 Å². The third kappa shape index (κ3) is 6.45. The van der Waals surface area contributed by atoms with Gasteiger partial charge in [0.2, 0.25) is 0 Å². The number of hydrogen-bond acceptors (Lipinski definition) is 5. The van der Waals surface area contributed by atoms with E-state index in [9.17, 15) is 19.5 Å². The van der Waals surface area contributed by atoms with Gasteiger partial charge in [-0.3, -0.25) is 4.79 Å². The molecule has 5 rings (SSSR count). The summed E-state index contributed by atoms with van der Waals surface area (Å²) in [5, 5.41) is 18.7. The van der Waals surface area contributed by atoms with E-state index in [-0.39, 0.29) is 17.4 Å². The number of anilines is 1. The summed E-state index contributed by atoms with van der Waals surface area (Å²) in [6.45, 7) is 1.12. The lowest BCUT2D eigenvalue weighted by Crippen LogP contribution is -2.25. The van der Waals surface area contributed by atoms with Gasteiger partial charge in [-0.15, -0.1) is 0 Å². The van der Waals surface area contributed by atoms with Crippen molar-refractivity contribution >= 4 is 46.8 Å². The van der Waals surface area contributed by atoms with Crippen molar-refractivity contribution in [1.82, 2.24) is 0 Å². The lowest BCUT2D eigenvalue weighted by atomic mass is 9.98. The fourth-order valence-corrected chi connectivity index (χ4v) is 4.76. The summed E-state index contributed by atoms with van der Waals surface area (Å²) in [5.41, 5.74) is 6.28. The van der Waals surface area contributed by atoms with Gasteiger partial charge in [0.15, 0.2) is 13.2 Å². The Bertz CT molecular complexity index is 1690. The molecular formula is C33H26ClNO7. The molecule has 0 aliphatic carbocycles. The van der Waals surface area contributed by atoms with Crippen LogP contribution in [0.1, 0.15) is 22.3 Å². The van der Waals surface area contributed by atoms with E-state index < -0.39 is 25.2 Å². The number of carbonyl (C=O) groups is 3. The molecule has 4 aromatic carbocycles. The molecule has 0 bridgehead atoms. The Kier molecular flexibility index (Phi) is 8.26. The van der Waals surface area contributed by atoms with Crippen LogP contribution < -0.4 is 14.4 Å². The Morgan fingerprint density at radius 2 is 1.50 bits per heavy atom. The summed E-state index contributed by atoms with van der Waals surface area (Å²) in [6, 6.07) is 25.8. The number of carbonyl (C=O) groups excluding carboxylic acids is 1. The molecule has 0 saturated carbocycles. The summed E-state index contributed by atoms with van der Waals surface area (Å²) in [7, 11) is 0. The number of nitrogens with zero attached hydrogens (tertiary/aromatic N) is 1. The second-order valence-corrected chi connectivity index (χ2v) is 10.2. The fraction of sp³-hybridized carbons (Fsp3) is 0.121. The zero-order valence-electron chi connectivity index (χ0n) is 22.5. The molecule has 1 aliphatic heterocycles. The minimum absolute atomic E-state index is 0.134. The first-order chi connectivity index (χ1) is 20.2. The van der Waals surface area contributed by atoms with Gasteiger partial charge in [0.1, 0.15) is 11.5 Å². The first-order valence-corrected chi connectivity index (χ1v) is 13.4. The van der Waals surface area contributed by atoms with Crippen molar-refractivity contribution in [3.8, 4) is 22.6 Å². The molecule has 0 unspecified atom stereocenters. The fourth-order valence-electron chi connectivity index (χ4n) is 4.64. The van der Waals surface area contributed by atoms with Crippen LogP contribution in [0.5, 0.6) is 11.5 Å². The summed E-state index contributed by atoms with van der Waals surface area (Å²) in [6.07, 6.45) is 1.65. The maximum Gasteiger partial charge on any atom is 0.341 e. The molecule has 42 heavy (non-hydrogen) atoms. The highest BCUT2D eigenvalue weighted by atomic mass is 35.5. The molecular weight excluding hydrogens is 558 g/mol. The second-order valence-electron chi connectivity index (χ2n) is 9.74. The number of carboxylic acid groups (broad SMARTS) is 2. The molecule has 0 atom stereocenters. The maximum absolute atomic E-state index is 14.0. The van der Waals surface area contributed by atoms with Gasteiger partial charge >= 0.3 is 11.9 Å². The monoisotopic (exact) mass is 583 g/mol. The molecule has 212 valence electrons. The quantitative estimate of drug-likeness (QED) is 0.210. The van der Waals surface area contributed by atoms with E-state index >= 15 is 0 Å². The van der Waals surface area contributed by atoms with Crippen molar-refractivity contribution < 1.29 is 34.1 Å². The van der Waals surface area contributed by atoms with Crippen LogP contribution in [0.3, 0.4) is 0 Å². The lowest BCUT2D eigenvalue weighted by molar-refractivity contribution is -0.140. The zero-order valence-corrected chi connectivity index (χ0v) is 23.3. The van der Waals surface area contributed by atoms with E-state index in [1.54, 1.807) is 29.2 Å². The first kappa shape index (κ1) is 28.4. The molecule has 0 radical (unpaired) electrons. The van der Waals surface area contributed by atoms with Gasteiger partial charge in [0, 0.05) is 27.8 Å². The summed E-state index contributed by atoms with van der Waals surface area (Å²) < 4.78 is 10.7. The predicted octanol–water partition coefficient (Wildman–Crippen LogP) is 6.33. The Balaban J connectivity index is 1.58. The molecule has 0 fully saturated rings. The van der Waals surface area contributed by atoms with E-state index in [0.717, 1.165) is 27.9 Å². The van der Waals surface area contributed by atoms with Crippen LogP contribution in [-0.4, -0.2) is 41.3 Å². The number of benzene rings is 4. The van der Waals surface area contributed by atoms with Crippen LogP contribution >= 0.6 is 11.6 Å². The normalized spacial score (nSPS) is 13.2. The molecule has 9 heteroatoms. The third-order valence-corrected chi connectivity index (χ3v) is 6.94. The van der Waals surface area contributed by atoms with Crippen LogP contribution in [0.4, 0.5) is 5.69 Å². The molecule has 2 N–H and O–H groups in total. The van der Waals surface area contributed by atoms with Crippen molar-refractivity contribution in [3.05, 3.63) is 112 Å². The number of rotatable bonds is 10. The predicted molar refractivity (Wildman–Crippen MR) is 160 cm³/mol. The average Bonchev–Trinajstić information content (AvgIpc) is 3.22. The molecule has 0 spiro atoms. The number of carboxylic acids is 2. The third-order valence-electron chi connectivity index (χ3n) is 6.69. The molecule has 1 heterocycles. The summed E-state index contributed by atoms with van der Waals surface area (Å²) in [4.78, 5) is 37.8. The summed E-state index contributed by atoms with van der Waals surface area (Å²) >= 11 is 6.08. The Morgan fingerprint density at radius 1 is 0.833 bits per heavy atom. The van der Waals surface area contributed by atoms with Crippen LogP contribution in [0.15, 0.2) is 84.9 Å². The van der Waals surface area contributed by atoms with Crippen molar-refractivity contribution in [2.24, 2.45) is 0 Å². The minimum Gasteiger partial charge on any atom is -0.482 e.